The van der Waals surface area contributed by atoms with Gasteiger partial charge in [0.15, 0.2) is 23.1 Å². The Balaban J connectivity index is 0.000000279. The second kappa shape index (κ2) is 31.1. The van der Waals surface area contributed by atoms with Crippen LogP contribution < -0.4 is 28.4 Å². The van der Waals surface area contributed by atoms with Gasteiger partial charge in [0.1, 0.15) is 46.0 Å². The monoisotopic (exact) mass is 1220 g/mol. The number of rotatable bonds is 16. The van der Waals surface area contributed by atoms with Crippen LogP contribution in [0.4, 0.5) is 0 Å². The van der Waals surface area contributed by atoms with Crippen LogP contribution in [-0.2, 0) is 27.2 Å². The van der Waals surface area contributed by atoms with Gasteiger partial charge in [-0.05, 0) is 194 Å². The molecule has 8 aromatic carbocycles. The highest BCUT2D eigenvalue weighted by molar-refractivity contribution is 8.13. The number of ketones is 4. The summed E-state index contributed by atoms with van der Waals surface area (Å²) in [5, 5.41) is 0. The Morgan fingerprint density at radius 1 is 0.247 bits per heavy atom. The molecule has 0 fully saturated rings. The number of hydrogen-bond donors (Lipinski definition) is 0. The van der Waals surface area contributed by atoms with Crippen LogP contribution in [0.1, 0.15) is 63.7 Å². The van der Waals surface area contributed by atoms with E-state index < -0.39 is 27.2 Å². The summed E-state index contributed by atoms with van der Waals surface area (Å²) in [7, 11) is 10.3. The third-order valence-electron chi connectivity index (χ3n) is 10.3. The second-order valence-electron chi connectivity index (χ2n) is 16.6. The van der Waals surface area contributed by atoms with Gasteiger partial charge in [0.05, 0.1) is 47.2 Å². The molecule has 81 heavy (non-hydrogen) atoms. The predicted octanol–water partition coefficient (Wildman–Crippen LogP) is 12.5. The van der Waals surface area contributed by atoms with Gasteiger partial charge in [0.25, 0.3) is 0 Å². The van der Waals surface area contributed by atoms with E-state index in [0.29, 0.717) is 90.5 Å². The highest BCUT2D eigenvalue weighted by Gasteiger charge is 2.14. The predicted molar refractivity (Wildman–Crippen MR) is 314 cm³/mol. The molecule has 0 atom stereocenters. The van der Waals surface area contributed by atoms with E-state index in [-0.39, 0.29) is 23.1 Å². The lowest BCUT2D eigenvalue weighted by atomic mass is 10.0. The van der Waals surface area contributed by atoms with E-state index in [0.717, 1.165) is 18.8 Å². The normalized spacial score (nSPS) is 10.6. The molecule has 0 aromatic heterocycles. The third-order valence-corrected chi connectivity index (χ3v) is 10.3. The van der Waals surface area contributed by atoms with Crippen LogP contribution in [0.2, 0.25) is 0 Å². The molecule has 22 heteroatoms. The maximum atomic E-state index is 12.6. The molecule has 424 valence electrons. The van der Waals surface area contributed by atoms with Crippen molar-refractivity contribution in [3.05, 3.63) is 239 Å². The number of benzene rings is 8. The minimum atomic E-state index is -3.19. The van der Waals surface area contributed by atoms with Crippen molar-refractivity contribution in [2.45, 2.75) is 0 Å². The Kier molecular flexibility index (Phi) is 25.1. The first-order valence-corrected chi connectivity index (χ1v) is 31.5. The number of ether oxygens (including phenoxy) is 6. The molecule has 0 unspecified atom stereocenters. The lowest BCUT2D eigenvalue weighted by Crippen LogP contribution is -2.01. The van der Waals surface area contributed by atoms with Crippen molar-refractivity contribution in [3.8, 4) is 46.0 Å². The first-order valence-electron chi connectivity index (χ1n) is 23.3. The van der Waals surface area contributed by atoms with E-state index in [1.165, 1.54) is 0 Å². The van der Waals surface area contributed by atoms with Crippen LogP contribution in [0.15, 0.2) is 194 Å². The molecule has 0 spiro atoms. The molecule has 16 nitrogen and oxygen atoms in total. The van der Waals surface area contributed by atoms with E-state index in [4.69, 9.17) is 28.4 Å². The molecule has 8 rings (SSSR count). The molecule has 8 aromatic rings. The fourth-order valence-electron chi connectivity index (χ4n) is 6.61. The first kappa shape index (κ1) is 65.5. The topological polar surface area (TPSA) is 226 Å². The molecule has 0 bridgehead atoms. The van der Waals surface area contributed by atoms with E-state index >= 15 is 0 Å². The molecule has 0 N–H and O–H groups in total. The Labute approximate surface area is 483 Å². The van der Waals surface area contributed by atoms with Crippen LogP contribution >= 0.6 is 32.0 Å². The number of carbonyl (C=O) groups is 4. The van der Waals surface area contributed by atoms with Gasteiger partial charge >= 0.3 is 0 Å². The zero-order valence-electron chi connectivity index (χ0n) is 44.4. The smallest absolute Gasteiger partial charge is 0.229 e. The molecule has 0 heterocycles. The number of methoxy groups -OCH3 is 4. The van der Waals surface area contributed by atoms with Gasteiger partial charge in [-0.25, -0.2) is 25.3 Å². The summed E-state index contributed by atoms with van der Waals surface area (Å²) >= 11 is 0. The fourth-order valence-corrected chi connectivity index (χ4v) is 6.61. The van der Waals surface area contributed by atoms with Crippen molar-refractivity contribution in [1.82, 2.24) is 0 Å². The second-order valence-corrected chi connectivity index (χ2v) is 25.7. The number of halogens is 3. The average molecular weight is 1220 g/mol. The van der Waals surface area contributed by atoms with Crippen molar-refractivity contribution < 1.29 is 72.9 Å². The minimum Gasteiger partial charge on any atom is -0.497 e. The molecular formula is C59H53Cl3O16S3. The Morgan fingerprint density at radius 3 is 0.444 bits per heavy atom. The lowest BCUT2D eigenvalue weighted by Gasteiger charge is -2.08. The Bertz CT molecular complexity index is 3190. The molecule has 0 aliphatic rings. The van der Waals surface area contributed by atoms with Crippen molar-refractivity contribution in [1.29, 1.82) is 0 Å². The molecule has 0 aliphatic heterocycles. The summed E-state index contributed by atoms with van der Waals surface area (Å²) in [5.74, 6) is 4.86. The Morgan fingerprint density at radius 2 is 0.346 bits per heavy atom. The van der Waals surface area contributed by atoms with Gasteiger partial charge < -0.3 is 28.4 Å². The van der Waals surface area contributed by atoms with Crippen LogP contribution in [-0.4, -0.2) is 95.6 Å². The van der Waals surface area contributed by atoms with Crippen molar-refractivity contribution in [3.63, 3.8) is 0 Å². The highest BCUT2D eigenvalue weighted by atomic mass is 35.7. The molecular weight excluding hydrogens is 1170 g/mol. The van der Waals surface area contributed by atoms with Crippen molar-refractivity contribution >= 4 is 82.3 Å². The van der Waals surface area contributed by atoms with E-state index in [1.807, 2.05) is 0 Å². The average Bonchev–Trinajstić information content (AvgIpc) is 3.44. The van der Waals surface area contributed by atoms with Crippen LogP contribution in [0, 0.1) is 0 Å². The summed E-state index contributed by atoms with van der Waals surface area (Å²) in [6, 6.07) is 55.7. The SMILES string of the molecule is COc1ccc(C(=O)c2ccc(Oc3ccc(C(=O)c4ccc(OC)cc4)cc3)cc2)cc1.COc1ccc(C(=O)c2ccc(Oc3ccc(C(=O)c4ccc(OC)cc4)cc3)cc2)cc1.CS(=O)(=O)Cl.CS(=O)(=O)Cl.CS(=O)(=O)Cl. The van der Waals surface area contributed by atoms with Gasteiger partial charge in [0.2, 0.25) is 27.2 Å². The molecule has 0 amide bonds. The summed E-state index contributed by atoms with van der Waals surface area (Å²) < 4.78 is 88.6. The maximum Gasteiger partial charge on any atom is 0.229 e. The minimum absolute atomic E-state index is 0.0781. The highest BCUT2D eigenvalue weighted by Crippen LogP contribution is 2.27. The van der Waals surface area contributed by atoms with E-state index in [2.05, 4.69) is 32.0 Å². The molecule has 0 aliphatic carbocycles. The number of hydrogen-bond acceptors (Lipinski definition) is 16. The Hall–Kier alpha value is -8.04. The molecule has 0 saturated carbocycles. The summed E-state index contributed by atoms with van der Waals surface area (Å²) in [5.41, 5.74) is 4.59. The molecule has 0 saturated heterocycles. The zero-order chi connectivity index (χ0) is 59.9. The number of carbonyl (C=O) groups excluding carboxylic acids is 4. The van der Waals surface area contributed by atoms with Gasteiger partial charge in [-0.1, -0.05) is 0 Å². The van der Waals surface area contributed by atoms with E-state index in [1.54, 1.807) is 223 Å². The van der Waals surface area contributed by atoms with Gasteiger partial charge in [-0.3, -0.25) is 19.2 Å². The summed E-state index contributed by atoms with van der Waals surface area (Å²) in [6.07, 6.45) is 2.78. The third kappa shape index (κ3) is 24.5. The van der Waals surface area contributed by atoms with Crippen LogP contribution in [0.3, 0.4) is 0 Å². The van der Waals surface area contributed by atoms with Gasteiger partial charge in [-0.15, -0.1) is 0 Å². The maximum absolute atomic E-state index is 12.6. The molecule has 0 radical (unpaired) electrons. The zero-order valence-corrected chi connectivity index (χ0v) is 49.1. The van der Waals surface area contributed by atoms with Crippen LogP contribution in [0.5, 0.6) is 46.0 Å². The van der Waals surface area contributed by atoms with Gasteiger partial charge in [0, 0.05) is 76.6 Å². The van der Waals surface area contributed by atoms with Crippen LogP contribution in [0.25, 0.3) is 0 Å². The lowest BCUT2D eigenvalue weighted by molar-refractivity contribution is 0.103. The van der Waals surface area contributed by atoms with E-state index in [9.17, 15) is 44.4 Å². The largest absolute Gasteiger partial charge is 0.497 e. The summed E-state index contributed by atoms with van der Waals surface area (Å²) in [6.45, 7) is 0. The summed E-state index contributed by atoms with van der Waals surface area (Å²) in [4.78, 5) is 50.6. The van der Waals surface area contributed by atoms with Crippen molar-refractivity contribution in [2.75, 3.05) is 47.2 Å². The van der Waals surface area contributed by atoms with Gasteiger partial charge in [-0.2, -0.15) is 0 Å². The first-order chi connectivity index (χ1) is 38.1. The van der Waals surface area contributed by atoms with Crippen molar-refractivity contribution in [2.24, 2.45) is 0 Å². The fraction of sp³-hybridized carbons (Fsp3) is 0.119. The quantitative estimate of drug-likeness (QED) is 0.0647. The standard InChI is InChI=1S/2C28H22O5.3CH3ClO2S/c2*1-31-23-11-3-19(4-12-23)27(29)21-7-15-25(16-8-21)33-26-17-9-22(10-18-26)28(30)20-5-13-24(32-2)14-6-20;3*1-5(2,3)4/h2*3-18H,1-2H3;3*1H3.